The third-order valence-electron chi connectivity index (χ3n) is 2.98. The molecule has 0 radical (unpaired) electrons. The van der Waals surface area contributed by atoms with E-state index in [1.54, 1.807) is 6.20 Å². The molecule has 4 nitrogen and oxygen atoms in total. The standard InChI is InChI=1S/C13H17FN4/c1-10(3-2-5-15)18-8-7-17-13(18)11-9-16-6-4-12(11)14/h4,6-10H,2-3,5,15H2,1H3/t10-/m0/s1. The highest BCUT2D eigenvalue weighted by molar-refractivity contribution is 5.54. The van der Waals surface area contributed by atoms with Gasteiger partial charge >= 0.3 is 0 Å². The van der Waals surface area contributed by atoms with Crippen molar-refractivity contribution in [2.75, 3.05) is 6.54 Å². The lowest BCUT2D eigenvalue weighted by molar-refractivity contribution is 0.495. The van der Waals surface area contributed by atoms with Crippen molar-refractivity contribution in [3.8, 4) is 11.4 Å². The first-order valence-corrected chi connectivity index (χ1v) is 6.07. The second-order valence-corrected chi connectivity index (χ2v) is 4.29. The van der Waals surface area contributed by atoms with Gasteiger partial charge in [-0.2, -0.15) is 0 Å². The van der Waals surface area contributed by atoms with Gasteiger partial charge in [-0.1, -0.05) is 0 Å². The summed E-state index contributed by atoms with van der Waals surface area (Å²) >= 11 is 0. The SMILES string of the molecule is C[C@@H](CCCN)n1ccnc1-c1cnccc1F. The van der Waals surface area contributed by atoms with E-state index in [2.05, 4.69) is 16.9 Å². The maximum atomic E-state index is 13.7. The summed E-state index contributed by atoms with van der Waals surface area (Å²) in [6.45, 7) is 2.74. The molecule has 0 aliphatic rings. The van der Waals surface area contributed by atoms with Gasteiger partial charge in [-0.3, -0.25) is 4.98 Å². The van der Waals surface area contributed by atoms with Crippen molar-refractivity contribution in [3.63, 3.8) is 0 Å². The summed E-state index contributed by atoms with van der Waals surface area (Å²) in [7, 11) is 0. The number of rotatable bonds is 5. The van der Waals surface area contributed by atoms with Crippen LogP contribution < -0.4 is 5.73 Å². The van der Waals surface area contributed by atoms with Gasteiger partial charge in [0.05, 0.1) is 5.56 Å². The van der Waals surface area contributed by atoms with Crippen LogP contribution in [0, 0.1) is 5.82 Å². The predicted octanol–water partition coefficient (Wildman–Crippen LogP) is 2.38. The average Bonchev–Trinajstić information content (AvgIpc) is 2.85. The molecule has 0 saturated carbocycles. The third-order valence-corrected chi connectivity index (χ3v) is 2.98. The second-order valence-electron chi connectivity index (χ2n) is 4.29. The fraction of sp³-hybridized carbons (Fsp3) is 0.385. The molecule has 0 fully saturated rings. The molecule has 96 valence electrons. The van der Waals surface area contributed by atoms with Crippen LogP contribution in [0.3, 0.4) is 0 Å². The smallest absolute Gasteiger partial charge is 0.144 e. The zero-order chi connectivity index (χ0) is 13.0. The molecule has 0 spiro atoms. The first-order valence-electron chi connectivity index (χ1n) is 6.07. The summed E-state index contributed by atoms with van der Waals surface area (Å²) in [6.07, 6.45) is 8.37. The lowest BCUT2D eigenvalue weighted by atomic mass is 10.1. The molecule has 2 heterocycles. The van der Waals surface area contributed by atoms with E-state index >= 15 is 0 Å². The zero-order valence-corrected chi connectivity index (χ0v) is 10.4. The molecule has 0 aliphatic carbocycles. The number of nitrogens with zero attached hydrogens (tertiary/aromatic N) is 3. The molecule has 0 aromatic carbocycles. The van der Waals surface area contributed by atoms with E-state index in [4.69, 9.17) is 5.73 Å². The molecule has 2 rings (SSSR count). The lowest BCUT2D eigenvalue weighted by Crippen LogP contribution is -2.09. The Bertz CT molecular complexity index is 509. The average molecular weight is 248 g/mol. The van der Waals surface area contributed by atoms with Crippen LogP contribution in [0.2, 0.25) is 0 Å². The Morgan fingerprint density at radius 2 is 2.28 bits per heavy atom. The Morgan fingerprint density at radius 3 is 3.00 bits per heavy atom. The molecular weight excluding hydrogens is 231 g/mol. The Kier molecular flexibility index (Phi) is 4.04. The highest BCUT2D eigenvalue weighted by Crippen LogP contribution is 2.24. The molecule has 0 saturated heterocycles. The van der Waals surface area contributed by atoms with Crippen LogP contribution in [0.5, 0.6) is 0 Å². The van der Waals surface area contributed by atoms with E-state index < -0.39 is 0 Å². The van der Waals surface area contributed by atoms with E-state index in [9.17, 15) is 4.39 Å². The molecule has 0 unspecified atom stereocenters. The quantitative estimate of drug-likeness (QED) is 0.883. The van der Waals surface area contributed by atoms with Gasteiger partial charge in [0.1, 0.15) is 11.6 Å². The summed E-state index contributed by atoms with van der Waals surface area (Å²) in [5.41, 5.74) is 5.94. The molecule has 18 heavy (non-hydrogen) atoms. The second kappa shape index (κ2) is 5.73. The van der Waals surface area contributed by atoms with Gasteiger partial charge in [0.2, 0.25) is 0 Å². The first-order chi connectivity index (χ1) is 8.74. The van der Waals surface area contributed by atoms with Crippen molar-refractivity contribution in [3.05, 3.63) is 36.7 Å². The fourth-order valence-electron chi connectivity index (χ4n) is 1.97. The molecule has 0 amide bonds. The number of halogens is 1. The third kappa shape index (κ3) is 2.56. The normalized spacial score (nSPS) is 12.6. The number of hydrogen-bond acceptors (Lipinski definition) is 3. The number of aromatic nitrogens is 3. The highest BCUT2D eigenvalue weighted by Gasteiger charge is 2.14. The van der Waals surface area contributed by atoms with Gasteiger partial charge in [0.25, 0.3) is 0 Å². The van der Waals surface area contributed by atoms with Crippen molar-refractivity contribution in [2.45, 2.75) is 25.8 Å². The van der Waals surface area contributed by atoms with Gasteiger partial charge in [-0.05, 0) is 32.4 Å². The summed E-state index contributed by atoms with van der Waals surface area (Å²) < 4.78 is 15.7. The molecule has 1 atom stereocenters. The van der Waals surface area contributed by atoms with Gasteiger partial charge in [0.15, 0.2) is 0 Å². The van der Waals surface area contributed by atoms with Crippen LogP contribution >= 0.6 is 0 Å². The van der Waals surface area contributed by atoms with Crippen LogP contribution in [-0.2, 0) is 0 Å². The molecule has 0 bridgehead atoms. The van der Waals surface area contributed by atoms with Gasteiger partial charge in [-0.25, -0.2) is 9.37 Å². The van der Waals surface area contributed by atoms with E-state index in [0.717, 1.165) is 12.8 Å². The van der Waals surface area contributed by atoms with Gasteiger partial charge < -0.3 is 10.3 Å². The zero-order valence-electron chi connectivity index (χ0n) is 10.4. The van der Waals surface area contributed by atoms with E-state index in [-0.39, 0.29) is 11.9 Å². The van der Waals surface area contributed by atoms with Crippen molar-refractivity contribution in [1.82, 2.24) is 14.5 Å². The summed E-state index contributed by atoms with van der Waals surface area (Å²) in [4.78, 5) is 8.18. The Balaban J connectivity index is 2.30. The largest absolute Gasteiger partial charge is 0.330 e. The molecular formula is C13H17FN4. The Labute approximate surface area is 106 Å². The van der Waals surface area contributed by atoms with Crippen LogP contribution in [0.15, 0.2) is 30.9 Å². The summed E-state index contributed by atoms with van der Waals surface area (Å²) in [6, 6.07) is 1.59. The van der Waals surface area contributed by atoms with Crippen molar-refractivity contribution >= 4 is 0 Å². The summed E-state index contributed by atoms with van der Waals surface area (Å²) in [5.74, 6) is 0.314. The summed E-state index contributed by atoms with van der Waals surface area (Å²) in [5, 5.41) is 0. The van der Waals surface area contributed by atoms with Crippen LogP contribution in [0.1, 0.15) is 25.8 Å². The number of pyridine rings is 1. The van der Waals surface area contributed by atoms with Crippen LogP contribution in [0.4, 0.5) is 4.39 Å². The van der Waals surface area contributed by atoms with E-state index in [1.807, 2.05) is 10.8 Å². The minimum absolute atomic E-state index is 0.241. The predicted molar refractivity (Wildman–Crippen MR) is 68.4 cm³/mol. The lowest BCUT2D eigenvalue weighted by Gasteiger charge is -2.16. The minimum atomic E-state index is -0.302. The molecule has 5 heteroatoms. The fourth-order valence-corrected chi connectivity index (χ4v) is 1.97. The topological polar surface area (TPSA) is 56.7 Å². The molecule has 2 aromatic rings. The maximum absolute atomic E-state index is 13.7. The number of imidazole rings is 1. The minimum Gasteiger partial charge on any atom is -0.330 e. The maximum Gasteiger partial charge on any atom is 0.144 e. The van der Waals surface area contributed by atoms with Crippen molar-refractivity contribution < 1.29 is 4.39 Å². The number of nitrogens with two attached hydrogens (primary N) is 1. The molecule has 0 aliphatic heterocycles. The van der Waals surface area contributed by atoms with Crippen molar-refractivity contribution in [1.29, 1.82) is 0 Å². The number of hydrogen-bond donors (Lipinski definition) is 1. The monoisotopic (exact) mass is 248 g/mol. The van der Waals surface area contributed by atoms with Crippen LogP contribution in [0.25, 0.3) is 11.4 Å². The van der Waals surface area contributed by atoms with Crippen molar-refractivity contribution in [2.24, 2.45) is 5.73 Å². The Morgan fingerprint density at radius 1 is 1.44 bits per heavy atom. The van der Waals surface area contributed by atoms with E-state index in [0.29, 0.717) is 17.9 Å². The highest BCUT2D eigenvalue weighted by atomic mass is 19.1. The van der Waals surface area contributed by atoms with E-state index in [1.165, 1.54) is 18.5 Å². The Hall–Kier alpha value is -1.75. The molecule has 2 N–H and O–H groups in total. The first kappa shape index (κ1) is 12.7. The van der Waals surface area contributed by atoms with Gasteiger partial charge in [-0.15, -0.1) is 0 Å². The van der Waals surface area contributed by atoms with Crippen LogP contribution in [-0.4, -0.2) is 21.1 Å². The molecule has 2 aromatic heterocycles. The van der Waals surface area contributed by atoms with Gasteiger partial charge in [0, 0.05) is 30.8 Å².